The fourth-order valence-corrected chi connectivity index (χ4v) is 3.30. The summed E-state index contributed by atoms with van der Waals surface area (Å²) in [6.07, 6.45) is 2.43. The highest BCUT2D eigenvalue weighted by atomic mass is 127. The third-order valence-corrected chi connectivity index (χ3v) is 5.03. The molecule has 0 spiro atoms. The van der Waals surface area contributed by atoms with E-state index in [1.165, 1.54) is 24.7 Å². The number of carbonyl (C=O) groups is 1. The van der Waals surface area contributed by atoms with Gasteiger partial charge < -0.3 is 10.4 Å². The Bertz CT molecular complexity index is 419. The maximum Gasteiger partial charge on any atom is 0.251 e. The van der Waals surface area contributed by atoms with E-state index in [-0.39, 0.29) is 11.7 Å². The summed E-state index contributed by atoms with van der Waals surface area (Å²) in [5.41, 5.74) is 0.519. The molecule has 2 rings (SSSR count). The summed E-state index contributed by atoms with van der Waals surface area (Å²) in [4.78, 5) is 11.8. The van der Waals surface area contributed by atoms with E-state index in [2.05, 4.69) is 5.32 Å². The molecule has 1 heterocycles. The Balaban J connectivity index is 1.92. The average Bonchev–Trinajstić information content (AvgIpc) is 2.82. The predicted molar refractivity (Wildman–Crippen MR) is 78.6 cm³/mol. The number of thioether (sulfide) groups is 1. The zero-order valence-electron chi connectivity index (χ0n) is 9.28. The molecular weight excluding hydrogens is 349 g/mol. The summed E-state index contributed by atoms with van der Waals surface area (Å²) in [5.74, 6) is 1.25. The fraction of sp³-hybridized carbons (Fsp3) is 0.417. The number of phenols is 1. The molecule has 1 unspecified atom stereocenters. The van der Waals surface area contributed by atoms with Crippen LogP contribution in [0.25, 0.3) is 0 Å². The zero-order valence-corrected chi connectivity index (χ0v) is 12.3. The molecule has 92 valence electrons. The topological polar surface area (TPSA) is 49.3 Å². The molecule has 0 radical (unpaired) electrons. The quantitative estimate of drug-likeness (QED) is 0.812. The van der Waals surface area contributed by atoms with Gasteiger partial charge in [-0.2, -0.15) is 11.8 Å². The van der Waals surface area contributed by atoms with Crippen LogP contribution in [0.15, 0.2) is 18.2 Å². The summed E-state index contributed by atoms with van der Waals surface area (Å²) in [7, 11) is 0. The van der Waals surface area contributed by atoms with Crippen molar-refractivity contribution in [2.45, 2.75) is 18.1 Å². The Morgan fingerprint density at radius 1 is 1.59 bits per heavy atom. The van der Waals surface area contributed by atoms with Crippen molar-refractivity contribution in [3.63, 3.8) is 0 Å². The van der Waals surface area contributed by atoms with Crippen LogP contribution in [0.2, 0.25) is 0 Å². The molecule has 1 saturated heterocycles. The van der Waals surface area contributed by atoms with Gasteiger partial charge in [-0.1, -0.05) is 0 Å². The van der Waals surface area contributed by atoms with Gasteiger partial charge in [-0.15, -0.1) is 0 Å². The molecule has 3 nitrogen and oxygen atoms in total. The van der Waals surface area contributed by atoms with Crippen LogP contribution in [-0.2, 0) is 0 Å². The first-order valence-electron chi connectivity index (χ1n) is 5.55. The van der Waals surface area contributed by atoms with Crippen molar-refractivity contribution >= 4 is 40.3 Å². The summed E-state index contributed by atoms with van der Waals surface area (Å²) in [5, 5.41) is 13.0. The minimum atomic E-state index is -0.107. The Hall–Kier alpha value is -0.430. The van der Waals surface area contributed by atoms with Crippen LogP contribution in [0, 0.1) is 3.57 Å². The maximum atomic E-state index is 11.8. The van der Waals surface area contributed by atoms with Gasteiger partial charge in [-0.25, -0.2) is 0 Å². The van der Waals surface area contributed by atoms with Crippen LogP contribution in [0.3, 0.4) is 0 Å². The number of benzene rings is 1. The molecule has 1 fully saturated rings. The Labute approximate surface area is 119 Å². The van der Waals surface area contributed by atoms with Crippen molar-refractivity contribution in [1.29, 1.82) is 0 Å². The van der Waals surface area contributed by atoms with E-state index in [4.69, 9.17) is 0 Å². The molecule has 17 heavy (non-hydrogen) atoms. The number of hydrogen-bond donors (Lipinski definition) is 2. The number of rotatable bonds is 3. The molecule has 1 aromatic rings. The monoisotopic (exact) mass is 363 g/mol. The first-order valence-corrected chi connectivity index (χ1v) is 7.68. The maximum absolute atomic E-state index is 11.8. The van der Waals surface area contributed by atoms with Gasteiger partial charge in [0.25, 0.3) is 5.91 Å². The number of aromatic hydroxyl groups is 1. The summed E-state index contributed by atoms with van der Waals surface area (Å²) < 4.78 is 0.755. The lowest BCUT2D eigenvalue weighted by atomic mass is 10.2. The lowest BCUT2D eigenvalue weighted by Crippen LogP contribution is -2.29. The molecule has 5 heteroatoms. The molecule has 1 amide bonds. The first-order chi connectivity index (χ1) is 8.16. The Kier molecular flexibility index (Phi) is 4.55. The molecule has 0 aliphatic carbocycles. The van der Waals surface area contributed by atoms with Gasteiger partial charge in [0, 0.05) is 17.4 Å². The molecule has 1 aliphatic rings. The van der Waals surface area contributed by atoms with Crippen LogP contribution in [0.1, 0.15) is 23.2 Å². The SMILES string of the molecule is O=C(NCC1CCCS1)c1ccc(I)c(O)c1. The molecule has 0 bridgehead atoms. The van der Waals surface area contributed by atoms with Crippen molar-refractivity contribution in [2.24, 2.45) is 0 Å². The predicted octanol–water partition coefficient (Wildman–Crippen LogP) is 2.62. The Morgan fingerprint density at radius 2 is 2.41 bits per heavy atom. The first kappa shape index (κ1) is 13.0. The number of amides is 1. The summed E-state index contributed by atoms with van der Waals surface area (Å²) >= 11 is 3.95. The molecule has 1 aromatic carbocycles. The zero-order chi connectivity index (χ0) is 12.3. The van der Waals surface area contributed by atoms with E-state index in [1.807, 2.05) is 34.4 Å². The van der Waals surface area contributed by atoms with Crippen molar-refractivity contribution in [2.75, 3.05) is 12.3 Å². The number of halogens is 1. The summed E-state index contributed by atoms with van der Waals surface area (Å²) in [6, 6.07) is 4.99. The van der Waals surface area contributed by atoms with Gasteiger partial charge >= 0.3 is 0 Å². The summed E-state index contributed by atoms with van der Waals surface area (Å²) in [6.45, 7) is 0.719. The third kappa shape index (κ3) is 3.51. The molecule has 1 aliphatic heterocycles. The standard InChI is InChI=1S/C12H14INO2S/c13-10-4-3-8(6-11(10)15)12(16)14-7-9-2-1-5-17-9/h3-4,6,9,15H,1-2,5,7H2,(H,14,16). The van der Waals surface area contributed by atoms with Gasteiger partial charge in [0.05, 0.1) is 3.57 Å². The van der Waals surface area contributed by atoms with Gasteiger partial charge in [0.2, 0.25) is 0 Å². The van der Waals surface area contributed by atoms with Crippen LogP contribution >= 0.6 is 34.4 Å². The minimum absolute atomic E-state index is 0.107. The van der Waals surface area contributed by atoms with Gasteiger partial charge in [-0.05, 0) is 59.4 Å². The van der Waals surface area contributed by atoms with Crippen molar-refractivity contribution in [3.8, 4) is 5.75 Å². The highest BCUT2D eigenvalue weighted by Crippen LogP contribution is 2.25. The van der Waals surface area contributed by atoms with Gasteiger partial charge in [-0.3, -0.25) is 4.79 Å². The van der Waals surface area contributed by atoms with Crippen LogP contribution in [0.4, 0.5) is 0 Å². The lowest BCUT2D eigenvalue weighted by molar-refractivity contribution is 0.0953. The second kappa shape index (κ2) is 5.95. The molecular formula is C12H14INO2S. The van der Waals surface area contributed by atoms with Crippen LogP contribution < -0.4 is 5.32 Å². The largest absolute Gasteiger partial charge is 0.507 e. The van der Waals surface area contributed by atoms with E-state index in [1.54, 1.807) is 12.1 Å². The van der Waals surface area contributed by atoms with E-state index in [9.17, 15) is 9.90 Å². The number of nitrogens with one attached hydrogen (secondary N) is 1. The highest BCUT2D eigenvalue weighted by Gasteiger charge is 2.16. The van der Waals surface area contributed by atoms with Crippen molar-refractivity contribution in [3.05, 3.63) is 27.3 Å². The average molecular weight is 363 g/mol. The Morgan fingerprint density at radius 3 is 3.06 bits per heavy atom. The number of hydrogen-bond acceptors (Lipinski definition) is 3. The van der Waals surface area contributed by atoms with E-state index in [0.29, 0.717) is 10.8 Å². The molecule has 1 atom stereocenters. The van der Waals surface area contributed by atoms with E-state index < -0.39 is 0 Å². The van der Waals surface area contributed by atoms with Gasteiger partial charge in [0.15, 0.2) is 0 Å². The minimum Gasteiger partial charge on any atom is -0.507 e. The molecule has 0 aromatic heterocycles. The van der Waals surface area contributed by atoms with E-state index >= 15 is 0 Å². The van der Waals surface area contributed by atoms with Crippen LogP contribution in [-0.4, -0.2) is 28.6 Å². The molecule has 2 N–H and O–H groups in total. The molecule has 0 saturated carbocycles. The normalized spacial score (nSPS) is 19.2. The third-order valence-electron chi connectivity index (χ3n) is 2.72. The smallest absolute Gasteiger partial charge is 0.251 e. The second-order valence-electron chi connectivity index (χ2n) is 4.01. The lowest BCUT2D eigenvalue weighted by Gasteiger charge is -2.10. The van der Waals surface area contributed by atoms with Crippen LogP contribution in [0.5, 0.6) is 5.75 Å². The second-order valence-corrected chi connectivity index (χ2v) is 6.58. The van der Waals surface area contributed by atoms with E-state index in [0.717, 1.165) is 10.1 Å². The van der Waals surface area contributed by atoms with Gasteiger partial charge in [0.1, 0.15) is 5.75 Å². The number of carbonyl (C=O) groups excluding carboxylic acids is 1. The van der Waals surface area contributed by atoms with Crippen molar-refractivity contribution < 1.29 is 9.90 Å². The van der Waals surface area contributed by atoms with Crippen molar-refractivity contribution in [1.82, 2.24) is 5.32 Å². The fourth-order valence-electron chi connectivity index (χ4n) is 1.77. The highest BCUT2D eigenvalue weighted by molar-refractivity contribution is 14.1. The number of phenolic OH excluding ortho intramolecular Hbond substituents is 1.